The summed E-state index contributed by atoms with van der Waals surface area (Å²) in [5.41, 5.74) is -2.47. The van der Waals surface area contributed by atoms with Gasteiger partial charge < -0.3 is 10.2 Å². The molecule has 3 aromatic carbocycles. The number of carbonyl (C=O) groups excluding carboxylic acids is 2. The predicted octanol–water partition coefficient (Wildman–Crippen LogP) is 8.00. The summed E-state index contributed by atoms with van der Waals surface area (Å²) in [6.07, 6.45) is -2.67. The molecule has 1 saturated carbocycles. The molecule has 0 saturated heterocycles. The molecule has 43 heavy (non-hydrogen) atoms. The number of rotatable bonds is 8. The van der Waals surface area contributed by atoms with E-state index in [1.54, 1.807) is 36.4 Å². The summed E-state index contributed by atoms with van der Waals surface area (Å²) in [5, 5.41) is 2.96. The van der Waals surface area contributed by atoms with E-state index in [0.29, 0.717) is 12.1 Å². The van der Waals surface area contributed by atoms with Gasteiger partial charge in [-0.1, -0.05) is 86.0 Å². The highest BCUT2D eigenvalue weighted by Crippen LogP contribution is 2.37. The number of hydrogen-bond donors (Lipinski definition) is 1. The predicted molar refractivity (Wildman–Crippen MR) is 151 cm³/mol. The second-order valence-electron chi connectivity index (χ2n) is 10.7. The van der Waals surface area contributed by atoms with Crippen molar-refractivity contribution in [3.63, 3.8) is 0 Å². The summed E-state index contributed by atoms with van der Waals surface area (Å²) < 4.78 is 81.5. The molecule has 228 valence electrons. The number of likely N-dealkylation sites (N-methyl/N-ethyl adjacent to an activating group) is 1. The lowest BCUT2D eigenvalue weighted by atomic mass is 9.83. The second kappa shape index (κ2) is 13.5. The molecule has 1 atom stereocenters. The van der Waals surface area contributed by atoms with Crippen LogP contribution in [0.2, 0.25) is 0 Å². The maximum absolute atomic E-state index is 13.7. The first-order valence-corrected chi connectivity index (χ1v) is 14.0. The Morgan fingerprint density at radius 3 is 1.74 bits per heavy atom. The molecule has 0 heterocycles. The van der Waals surface area contributed by atoms with E-state index >= 15 is 0 Å². The van der Waals surface area contributed by atoms with E-state index in [-0.39, 0.29) is 12.1 Å². The molecule has 3 aromatic rings. The topological polar surface area (TPSA) is 49.4 Å². The fourth-order valence-electron chi connectivity index (χ4n) is 5.47. The summed E-state index contributed by atoms with van der Waals surface area (Å²) in [4.78, 5) is 27.8. The van der Waals surface area contributed by atoms with Gasteiger partial charge in [0, 0.05) is 30.6 Å². The summed E-state index contributed by atoms with van der Waals surface area (Å²) in [6, 6.07) is 17.8. The average molecular weight is 603 g/mol. The Labute approximate surface area is 246 Å². The zero-order valence-corrected chi connectivity index (χ0v) is 23.5. The Morgan fingerprint density at radius 2 is 1.28 bits per heavy atom. The lowest BCUT2D eigenvalue weighted by Crippen LogP contribution is -2.41. The molecular formula is C33H32F6N2O2. The van der Waals surface area contributed by atoms with Gasteiger partial charge in [0.1, 0.15) is 0 Å². The Kier molecular flexibility index (Phi) is 9.98. The van der Waals surface area contributed by atoms with Gasteiger partial charge >= 0.3 is 12.4 Å². The number of halogens is 6. The van der Waals surface area contributed by atoms with Crippen LogP contribution in [0.4, 0.5) is 26.3 Å². The average Bonchev–Trinajstić information content (AvgIpc) is 2.99. The van der Waals surface area contributed by atoms with Gasteiger partial charge in [-0.05, 0) is 42.2 Å². The number of nitrogens with one attached hydrogen (secondary N) is 1. The Morgan fingerprint density at radius 1 is 0.791 bits per heavy atom. The molecule has 1 fully saturated rings. The van der Waals surface area contributed by atoms with Gasteiger partial charge in [0.2, 0.25) is 5.91 Å². The van der Waals surface area contributed by atoms with Crippen LogP contribution in [0, 0.1) is 0 Å². The SMILES string of the molecule is CN(C(=O)c1cc(C(F)(F)F)cc(C(F)(F)F)c1)C(C=CC(=O)NC1CCCCC1)C(c1ccccc1)c1ccccc1. The standard InChI is InChI=1S/C33H32F6N2O2/c1-41(31(43)24-19-25(32(34,35)36)21-26(20-24)33(37,38)39)28(17-18-29(42)40-27-15-9-4-10-16-27)30(22-11-5-2-6-12-22)23-13-7-3-8-14-23/h2-3,5-8,11-14,17-21,27-28,30H,4,9-10,15-16H2,1H3,(H,40,42). The minimum absolute atomic E-state index is 0.00801. The molecule has 0 aliphatic heterocycles. The van der Waals surface area contributed by atoms with E-state index in [4.69, 9.17) is 0 Å². The zero-order chi connectivity index (χ0) is 31.2. The largest absolute Gasteiger partial charge is 0.416 e. The Bertz CT molecular complexity index is 1340. The number of hydrogen-bond acceptors (Lipinski definition) is 2. The Hall–Kier alpha value is -4.08. The molecule has 1 aliphatic carbocycles. The van der Waals surface area contributed by atoms with Crippen molar-refractivity contribution in [1.29, 1.82) is 0 Å². The number of benzene rings is 3. The number of amides is 2. The molecule has 1 N–H and O–H groups in total. The van der Waals surface area contributed by atoms with Crippen molar-refractivity contribution in [3.05, 3.63) is 119 Å². The van der Waals surface area contributed by atoms with Crippen LogP contribution in [0.25, 0.3) is 0 Å². The molecule has 4 nitrogen and oxygen atoms in total. The molecular weight excluding hydrogens is 570 g/mol. The van der Waals surface area contributed by atoms with Gasteiger partial charge in [0.15, 0.2) is 0 Å². The van der Waals surface area contributed by atoms with Gasteiger partial charge in [-0.2, -0.15) is 26.3 Å². The van der Waals surface area contributed by atoms with Crippen LogP contribution in [-0.2, 0) is 17.1 Å². The quantitative estimate of drug-likeness (QED) is 0.210. The summed E-state index contributed by atoms with van der Waals surface area (Å²) in [6.45, 7) is 0. The van der Waals surface area contributed by atoms with Crippen LogP contribution < -0.4 is 5.32 Å². The highest BCUT2D eigenvalue weighted by molar-refractivity contribution is 5.95. The molecule has 0 bridgehead atoms. The molecule has 0 radical (unpaired) electrons. The van der Waals surface area contributed by atoms with Gasteiger partial charge in [-0.15, -0.1) is 0 Å². The molecule has 1 aliphatic rings. The van der Waals surface area contributed by atoms with E-state index < -0.39 is 52.8 Å². The van der Waals surface area contributed by atoms with Crippen molar-refractivity contribution in [2.24, 2.45) is 0 Å². The van der Waals surface area contributed by atoms with Crippen LogP contribution >= 0.6 is 0 Å². The fourth-order valence-corrected chi connectivity index (χ4v) is 5.47. The number of alkyl halides is 6. The number of carbonyl (C=O) groups is 2. The van der Waals surface area contributed by atoms with Crippen LogP contribution in [0.15, 0.2) is 91.0 Å². The van der Waals surface area contributed by atoms with Crippen LogP contribution in [0.5, 0.6) is 0 Å². The maximum atomic E-state index is 13.7. The first-order chi connectivity index (χ1) is 20.3. The maximum Gasteiger partial charge on any atom is 0.416 e. The molecule has 0 spiro atoms. The normalized spacial score (nSPS) is 15.4. The van der Waals surface area contributed by atoms with Crippen LogP contribution in [0.1, 0.15) is 70.6 Å². The van der Waals surface area contributed by atoms with Crippen molar-refractivity contribution >= 4 is 11.8 Å². The molecule has 4 rings (SSSR count). The lowest BCUT2D eigenvalue weighted by Gasteiger charge is -2.34. The van der Waals surface area contributed by atoms with Gasteiger partial charge in [0.05, 0.1) is 17.2 Å². The summed E-state index contributed by atoms with van der Waals surface area (Å²) in [5.74, 6) is -2.06. The third-order valence-electron chi connectivity index (χ3n) is 7.66. The van der Waals surface area contributed by atoms with Crippen LogP contribution in [-0.4, -0.2) is 35.8 Å². The van der Waals surface area contributed by atoms with Crippen molar-refractivity contribution in [2.75, 3.05) is 7.05 Å². The number of nitrogens with zero attached hydrogens (tertiary/aromatic N) is 1. The fraction of sp³-hybridized carbons (Fsp3) is 0.333. The Balaban J connectivity index is 1.78. The third kappa shape index (κ3) is 8.27. The summed E-state index contributed by atoms with van der Waals surface area (Å²) in [7, 11) is 1.31. The first kappa shape index (κ1) is 31.8. The van der Waals surface area contributed by atoms with Crippen molar-refractivity contribution in [3.8, 4) is 0 Å². The van der Waals surface area contributed by atoms with E-state index in [9.17, 15) is 35.9 Å². The van der Waals surface area contributed by atoms with Crippen molar-refractivity contribution in [2.45, 2.75) is 62.5 Å². The van der Waals surface area contributed by atoms with Crippen molar-refractivity contribution in [1.82, 2.24) is 10.2 Å². The smallest absolute Gasteiger partial charge is 0.350 e. The van der Waals surface area contributed by atoms with E-state index in [0.717, 1.165) is 48.1 Å². The molecule has 10 heteroatoms. The highest BCUT2D eigenvalue weighted by atomic mass is 19.4. The zero-order valence-electron chi connectivity index (χ0n) is 23.5. The second-order valence-corrected chi connectivity index (χ2v) is 10.7. The minimum atomic E-state index is -5.11. The molecule has 0 aromatic heterocycles. The van der Waals surface area contributed by atoms with Crippen LogP contribution in [0.3, 0.4) is 0 Å². The monoisotopic (exact) mass is 602 g/mol. The highest BCUT2D eigenvalue weighted by Gasteiger charge is 2.38. The molecule has 1 unspecified atom stereocenters. The van der Waals surface area contributed by atoms with E-state index in [1.807, 2.05) is 24.3 Å². The van der Waals surface area contributed by atoms with E-state index in [1.165, 1.54) is 19.2 Å². The third-order valence-corrected chi connectivity index (χ3v) is 7.66. The van der Waals surface area contributed by atoms with Gasteiger partial charge in [-0.25, -0.2) is 0 Å². The van der Waals surface area contributed by atoms with Crippen molar-refractivity contribution < 1.29 is 35.9 Å². The van der Waals surface area contributed by atoms with Gasteiger partial charge in [-0.3, -0.25) is 9.59 Å². The lowest BCUT2D eigenvalue weighted by molar-refractivity contribution is -0.143. The van der Waals surface area contributed by atoms with Gasteiger partial charge in [0.25, 0.3) is 5.91 Å². The summed E-state index contributed by atoms with van der Waals surface area (Å²) >= 11 is 0. The van der Waals surface area contributed by atoms with E-state index in [2.05, 4.69) is 5.32 Å². The first-order valence-electron chi connectivity index (χ1n) is 14.0. The molecule has 2 amide bonds. The minimum Gasteiger partial charge on any atom is -0.350 e.